The van der Waals surface area contributed by atoms with Gasteiger partial charge in [-0.25, -0.2) is 4.39 Å². The Morgan fingerprint density at radius 2 is 2.00 bits per heavy atom. The van der Waals surface area contributed by atoms with Crippen molar-refractivity contribution in [2.75, 3.05) is 0 Å². The first kappa shape index (κ1) is 11.8. The van der Waals surface area contributed by atoms with Crippen LogP contribution < -0.4 is 0 Å². The summed E-state index contributed by atoms with van der Waals surface area (Å²) in [6.07, 6.45) is 5.19. The van der Waals surface area contributed by atoms with Crippen molar-refractivity contribution in [2.45, 2.75) is 32.1 Å². The second kappa shape index (κ2) is 5.09. The van der Waals surface area contributed by atoms with E-state index in [1.165, 1.54) is 24.6 Å². The summed E-state index contributed by atoms with van der Waals surface area (Å²) < 4.78 is 13.1. The van der Waals surface area contributed by atoms with E-state index in [1.807, 2.05) is 0 Å². The van der Waals surface area contributed by atoms with E-state index in [-0.39, 0.29) is 17.3 Å². The van der Waals surface area contributed by atoms with Gasteiger partial charge in [-0.3, -0.25) is 4.79 Å². The number of nitrogens with zero attached hydrogens (tertiary/aromatic N) is 1. The molecule has 1 aliphatic carbocycles. The molecule has 0 aromatic heterocycles. The summed E-state index contributed by atoms with van der Waals surface area (Å²) >= 11 is 0. The fourth-order valence-electron chi connectivity index (χ4n) is 2.36. The maximum absolute atomic E-state index is 13.1. The van der Waals surface area contributed by atoms with Crippen LogP contribution in [0, 0.1) is 23.1 Å². The van der Waals surface area contributed by atoms with Crippen LogP contribution in [0.4, 0.5) is 4.39 Å². The van der Waals surface area contributed by atoms with E-state index in [2.05, 4.69) is 0 Å². The van der Waals surface area contributed by atoms with Gasteiger partial charge < -0.3 is 0 Å². The van der Waals surface area contributed by atoms with Crippen LogP contribution in [-0.2, 0) is 0 Å². The minimum atomic E-state index is -0.562. The maximum atomic E-state index is 13.1. The molecule has 2 nitrogen and oxygen atoms in total. The van der Waals surface area contributed by atoms with Crippen molar-refractivity contribution >= 4 is 5.78 Å². The lowest BCUT2D eigenvalue weighted by atomic mass is 9.83. The Bertz CT molecular complexity index is 470. The molecular weight excluding hydrogens is 217 g/mol. The average Bonchev–Trinajstić information content (AvgIpc) is 2.39. The lowest BCUT2D eigenvalue weighted by Crippen LogP contribution is -2.18. The summed E-state index contributed by atoms with van der Waals surface area (Å²) in [5, 5.41) is 8.73. The smallest absolute Gasteiger partial charge is 0.165 e. The predicted octanol–water partition coefficient (Wildman–Crippen LogP) is 3.46. The number of Topliss-reactive ketones (excluding diaryl/α,β-unsaturated/α-hetero) is 1. The molecular formula is C14H14FNO. The van der Waals surface area contributed by atoms with E-state index in [9.17, 15) is 9.18 Å². The Morgan fingerprint density at radius 3 is 2.65 bits per heavy atom. The van der Waals surface area contributed by atoms with E-state index >= 15 is 0 Å². The summed E-state index contributed by atoms with van der Waals surface area (Å²) in [7, 11) is 0. The molecule has 2 rings (SSSR count). The number of rotatable bonds is 2. The highest BCUT2D eigenvalue weighted by Crippen LogP contribution is 2.27. The van der Waals surface area contributed by atoms with Gasteiger partial charge in [-0.15, -0.1) is 0 Å². The summed E-state index contributed by atoms with van der Waals surface area (Å²) in [6, 6.07) is 5.82. The topological polar surface area (TPSA) is 40.9 Å². The minimum Gasteiger partial charge on any atom is -0.294 e. The fraction of sp³-hybridized carbons (Fsp3) is 0.429. The third kappa shape index (κ3) is 2.52. The molecule has 3 heteroatoms. The molecule has 0 saturated heterocycles. The molecule has 0 bridgehead atoms. The lowest BCUT2D eigenvalue weighted by Gasteiger charge is -2.20. The monoisotopic (exact) mass is 231 g/mol. The largest absolute Gasteiger partial charge is 0.294 e. The summed E-state index contributed by atoms with van der Waals surface area (Å²) in [6.45, 7) is 0. The van der Waals surface area contributed by atoms with Crippen LogP contribution in [-0.4, -0.2) is 5.78 Å². The zero-order chi connectivity index (χ0) is 12.3. The van der Waals surface area contributed by atoms with E-state index in [1.54, 1.807) is 6.07 Å². The number of benzene rings is 1. The summed E-state index contributed by atoms with van der Waals surface area (Å²) in [5.41, 5.74) is 0.418. The van der Waals surface area contributed by atoms with Gasteiger partial charge in [-0.1, -0.05) is 19.3 Å². The number of hydrogen-bond donors (Lipinski definition) is 0. The third-order valence-electron chi connectivity index (χ3n) is 3.35. The van der Waals surface area contributed by atoms with Crippen LogP contribution in [0.25, 0.3) is 0 Å². The zero-order valence-electron chi connectivity index (χ0n) is 9.58. The van der Waals surface area contributed by atoms with Crippen molar-refractivity contribution in [3.63, 3.8) is 0 Å². The Hall–Kier alpha value is -1.69. The SMILES string of the molecule is N#Cc1cc(C(=O)C2CCCCC2)ccc1F. The number of carbonyl (C=O) groups is 1. The Morgan fingerprint density at radius 1 is 1.29 bits per heavy atom. The molecule has 1 aliphatic rings. The van der Waals surface area contributed by atoms with Crippen molar-refractivity contribution in [1.82, 2.24) is 0 Å². The van der Waals surface area contributed by atoms with Gasteiger partial charge in [0, 0.05) is 11.5 Å². The van der Waals surface area contributed by atoms with Crippen LogP contribution in [0.5, 0.6) is 0 Å². The van der Waals surface area contributed by atoms with Gasteiger partial charge in [-0.2, -0.15) is 5.26 Å². The Labute approximate surface area is 100 Å². The molecule has 0 heterocycles. The number of ketones is 1. The van der Waals surface area contributed by atoms with Crippen LogP contribution >= 0.6 is 0 Å². The van der Waals surface area contributed by atoms with Crippen molar-refractivity contribution in [3.8, 4) is 6.07 Å². The molecule has 0 aliphatic heterocycles. The van der Waals surface area contributed by atoms with E-state index < -0.39 is 5.82 Å². The summed E-state index contributed by atoms with van der Waals surface area (Å²) in [5.74, 6) is -0.449. The average molecular weight is 231 g/mol. The molecule has 0 radical (unpaired) electrons. The highest BCUT2D eigenvalue weighted by Gasteiger charge is 2.22. The van der Waals surface area contributed by atoms with Crippen molar-refractivity contribution < 1.29 is 9.18 Å². The van der Waals surface area contributed by atoms with Crippen molar-refractivity contribution in [1.29, 1.82) is 5.26 Å². The first-order chi connectivity index (χ1) is 8.22. The lowest BCUT2D eigenvalue weighted by molar-refractivity contribution is 0.0889. The molecule has 17 heavy (non-hydrogen) atoms. The molecule has 0 N–H and O–H groups in total. The van der Waals surface area contributed by atoms with Crippen LogP contribution in [0.2, 0.25) is 0 Å². The molecule has 1 aromatic carbocycles. The van der Waals surface area contributed by atoms with Crippen LogP contribution in [0.3, 0.4) is 0 Å². The highest BCUT2D eigenvalue weighted by molar-refractivity contribution is 5.98. The van der Waals surface area contributed by atoms with Gasteiger partial charge >= 0.3 is 0 Å². The first-order valence-electron chi connectivity index (χ1n) is 5.96. The Kier molecular flexibility index (Phi) is 3.53. The van der Waals surface area contributed by atoms with Gasteiger partial charge in [0.05, 0.1) is 5.56 Å². The second-order valence-electron chi connectivity index (χ2n) is 4.51. The molecule has 1 fully saturated rings. The van der Waals surface area contributed by atoms with Crippen LogP contribution in [0.15, 0.2) is 18.2 Å². The normalized spacial score (nSPS) is 16.5. The van der Waals surface area contributed by atoms with Crippen molar-refractivity contribution in [3.05, 3.63) is 35.1 Å². The molecule has 0 spiro atoms. The molecule has 1 aromatic rings. The molecule has 0 amide bonds. The highest BCUT2D eigenvalue weighted by atomic mass is 19.1. The van der Waals surface area contributed by atoms with E-state index in [4.69, 9.17) is 5.26 Å². The van der Waals surface area contributed by atoms with Gasteiger partial charge in [0.1, 0.15) is 11.9 Å². The predicted molar refractivity (Wildman–Crippen MR) is 62.0 cm³/mol. The number of hydrogen-bond acceptors (Lipinski definition) is 2. The fourth-order valence-corrected chi connectivity index (χ4v) is 2.36. The third-order valence-corrected chi connectivity index (χ3v) is 3.35. The number of carbonyl (C=O) groups excluding carboxylic acids is 1. The second-order valence-corrected chi connectivity index (χ2v) is 4.51. The summed E-state index contributed by atoms with van der Waals surface area (Å²) in [4.78, 5) is 12.1. The quantitative estimate of drug-likeness (QED) is 0.731. The molecule has 88 valence electrons. The van der Waals surface area contributed by atoms with E-state index in [0.717, 1.165) is 25.7 Å². The Balaban J connectivity index is 2.22. The van der Waals surface area contributed by atoms with Gasteiger partial charge in [0.2, 0.25) is 0 Å². The minimum absolute atomic E-state index is 0.0494. The van der Waals surface area contributed by atoms with Gasteiger partial charge in [-0.05, 0) is 31.0 Å². The van der Waals surface area contributed by atoms with E-state index in [0.29, 0.717) is 5.56 Å². The number of nitriles is 1. The van der Waals surface area contributed by atoms with Crippen LogP contribution in [0.1, 0.15) is 48.0 Å². The van der Waals surface area contributed by atoms with Crippen molar-refractivity contribution in [2.24, 2.45) is 5.92 Å². The standard InChI is InChI=1S/C14H14FNO/c15-13-7-6-11(8-12(13)9-16)14(17)10-4-2-1-3-5-10/h6-8,10H,1-5H2. The first-order valence-corrected chi connectivity index (χ1v) is 5.96. The van der Waals surface area contributed by atoms with Gasteiger partial charge in [0.25, 0.3) is 0 Å². The molecule has 0 atom stereocenters. The maximum Gasteiger partial charge on any atom is 0.165 e. The molecule has 0 unspecified atom stereocenters. The molecule has 1 saturated carbocycles. The van der Waals surface area contributed by atoms with Gasteiger partial charge in [0.15, 0.2) is 5.78 Å². The number of halogens is 1. The zero-order valence-corrected chi connectivity index (χ0v) is 9.58.